The molecule has 0 saturated carbocycles. The SMILES string of the molecule is CCOc1ccc(C(=O)n2cc(C3=CCC(OC)C(OC)=C3)c3cccnc32)c(OCC)c1. The minimum Gasteiger partial charge on any atom is -0.498 e. The second-order valence-corrected chi connectivity index (χ2v) is 7.49. The van der Waals surface area contributed by atoms with Crippen molar-refractivity contribution in [1.82, 2.24) is 9.55 Å². The van der Waals surface area contributed by atoms with Crippen LogP contribution < -0.4 is 9.47 Å². The summed E-state index contributed by atoms with van der Waals surface area (Å²) >= 11 is 0. The van der Waals surface area contributed by atoms with Crippen molar-refractivity contribution in [3.8, 4) is 11.5 Å². The Morgan fingerprint density at radius 1 is 1.15 bits per heavy atom. The minimum absolute atomic E-state index is 0.121. The predicted octanol–water partition coefficient (Wildman–Crippen LogP) is 4.85. The first-order valence-corrected chi connectivity index (χ1v) is 11.0. The first-order chi connectivity index (χ1) is 16.1. The van der Waals surface area contributed by atoms with Crippen LogP contribution in [0, 0.1) is 0 Å². The molecule has 33 heavy (non-hydrogen) atoms. The van der Waals surface area contributed by atoms with Crippen LogP contribution in [-0.4, -0.2) is 49.0 Å². The number of methoxy groups -OCH3 is 2. The molecule has 2 aromatic heterocycles. The lowest BCUT2D eigenvalue weighted by Crippen LogP contribution is -2.17. The van der Waals surface area contributed by atoms with E-state index in [1.165, 1.54) is 0 Å². The fourth-order valence-electron chi connectivity index (χ4n) is 4.03. The molecule has 3 aromatic rings. The zero-order valence-corrected chi connectivity index (χ0v) is 19.3. The van der Waals surface area contributed by atoms with Crippen LogP contribution in [0.4, 0.5) is 0 Å². The largest absolute Gasteiger partial charge is 0.498 e. The van der Waals surface area contributed by atoms with Crippen LogP contribution in [-0.2, 0) is 9.47 Å². The van der Waals surface area contributed by atoms with Gasteiger partial charge < -0.3 is 18.9 Å². The molecule has 0 bridgehead atoms. The summed E-state index contributed by atoms with van der Waals surface area (Å²) in [6.45, 7) is 4.76. The number of hydrogen-bond donors (Lipinski definition) is 0. The maximum absolute atomic E-state index is 13.7. The molecular formula is C26H28N2O5. The molecule has 7 heteroatoms. The van der Waals surface area contributed by atoms with E-state index in [0.717, 1.165) is 22.3 Å². The molecule has 1 aromatic carbocycles. The third-order valence-electron chi connectivity index (χ3n) is 5.57. The van der Waals surface area contributed by atoms with Crippen LogP contribution in [0.15, 0.2) is 60.6 Å². The Labute approximate surface area is 193 Å². The van der Waals surface area contributed by atoms with Crippen molar-refractivity contribution in [2.45, 2.75) is 26.4 Å². The number of ether oxygens (including phenoxy) is 4. The summed E-state index contributed by atoms with van der Waals surface area (Å²) < 4.78 is 24.0. The van der Waals surface area contributed by atoms with Gasteiger partial charge in [0, 0.05) is 36.5 Å². The topological polar surface area (TPSA) is 71.8 Å². The van der Waals surface area contributed by atoms with Crippen molar-refractivity contribution in [1.29, 1.82) is 0 Å². The van der Waals surface area contributed by atoms with Crippen LogP contribution in [0.5, 0.6) is 11.5 Å². The Morgan fingerprint density at radius 3 is 2.70 bits per heavy atom. The van der Waals surface area contributed by atoms with Gasteiger partial charge in [-0.3, -0.25) is 9.36 Å². The van der Waals surface area contributed by atoms with E-state index < -0.39 is 0 Å². The number of carbonyl (C=O) groups excluding carboxylic acids is 1. The Balaban J connectivity index is 1.80. The van der Waals surface area contributed by atoms with Gasteiger partial charge in [0.1, 0.15) is 29.0 Å². The molecule has 0 saturated heterocycles. The molecule has 7 nitrogen and oxygen atoms in total. The van der Waals surface area contributed by atoms with Crippen LogP contribution in [0.25, 0.3) is 16.6 Å². The number of carbonyl (C=O) groups is 1. The summed E-state index contributed by atoms with van der Waals surface area (Å²) in [4.78, 5) is 18.2. The number of aromatic nitrogens is 2. The molecule has 1 unspecified atom stereocenters. The number of hydrogen-bond acceptors (Lipinski definition) is 6. The van der Waals surface area contributed by atoms with E-state index in [-0.39, 0.29) is 12.0 Å². The van der Waals surface area contributed by atoms with Crippen molar-refractivity contribution in [3.63, 3.8) is 0 Å². The van der Waals surface area contributed by atoms with E-state index in [1.807, 2.05) is 38.3 Å². The summed E-state index contributed by atoms with van der Waals surface area (Å²) in [5.74, 6) is 1.66. The van der Waals surface area contributed by atoms with Gasteiger partial charge >= 0.3 is 0 Å². The van der Waals surface area contributed by atoms with E-state index >= 15 is 0 Å². The fraction of sp³-hybridized carbons (Fsp3) is 0.308. The molecule has 0 aliphatic heterocycles. The molecule has 0 amide bonds. The highest BCUT2D eigenvalue weighted by molar-refractivity contribution is 6.06. The third kappa shape index (κ3) is 4.36. The average molecular weight is 449 g/mol. The van der Waals surface area contributed by atoms with Crippen LogP contribution in [0.3, 0.4) is 0 Å². The zero-order chi connectivity index (χ0) is 23.4. The van der Waals surface area contributed by atoms with Crippen LogP contribution >= 0.6 is 0 Å². The van der Waals surface area contributed by atoms with E-state index in [1.54, 1.807) is 43.2 Å². The van der Waals surface area contributed by atoms with E-state index in [0.29, 0.717) is 42.3 Å². The Bertz CT molecular complexity index is 1220. The number of nitrogens with zero attached hydrogens (tertiary/aromatic N) is 2. The van der Waals surface area contributed by atoms with Gasteiger partial charge in [-0.1, -0.05) is 6.08 Å². The quantitative estimate of drug-likeness (QED) is 0.490. The second kappa shape index (κ2) is 9.92. The lowest BCUT2D eigenvalue weighted by Gasteiger charge is -2.21. The molecule has 172 valence electrons. The summed E-state index contributed by atoms with van der Waals surface area (Å²) in [6.07, 6.45) is 8.12. The molecule has 0 spiro atoms. The van der Waals surface area contributed by atoms with Crippen molar-refractivity contribution in [3.05, 3.63) is 71.8 Å². The molecule has 0 radical (unpaired) electrons. The van der Waals surface area contributed by atoms with Gasteiger partial charge in [-0.2, -0.15) is 0 Å². The molecular weight excluding hydrogens is 420 g/mol. The average Bonchev–Trinajstić information content (AvgIpc) is 3.23. The maximum atomic E-state index is 13.7. The maximum Gasteiger partial charge on any atom is 0.267 e. The minimum atomic E-state index is -0.224. The lowest BCUT2D eigenvalue weighted by molar-refractivity contribution is 0.0799. The predicted molar refractivity (Wildman–Crippen MR) is 127 cm³/mol. The molecule has 1 aliphatic carbocycles. The first kappa shape index (κ1) is 22.6. The standard InChI is InChI=1S/C26H28N2O5/c1-5-32-18-10-11-20(23(15-18)33-6-2)26(29)28-16-21(19-8-7-13-27-25(19)28)17-9-12-22(30-3)24(14-17)31-4/h7-11,13-16,22H,5-6,12H2,1-4H3. The number of fused-ring (bicyclic) bond motifs is 1. The number of allylic oxidation sites excluding steroid dienone is 2. The van der Waals surface area contributed by atoms with Gasteiger partial charge in [-0.25, -0.2) is 4.98 Å². The highest BCUT2D eigenvalue weighted by atomic mass is 16.5. The van der Waals surface area contributed by atoms with Gasteiger partial charge in [-0.05, 0) is 56.2 Å². The monoisotopic (exact) mass is 448 g/mol. The zero-order valence-electron chi connectivity index (χ0n) is 19.3. The first-order valence-electron chi connectivity index (χ1n) is 11.0. The number of rotatable bonds is 8. The lowest BCUT2D eigenvalue weighted by atomic mass is 9.97. The number of benzene rings is 1. The Hall–Kier alpha value is -3.58. The Morgan fingerprint density at radius 2 is 1.97 bits per heavy atom. The molecule has 1 aliphatic rings. The van der Waals surface area contributed by atoms with Crippen molar-refractivity contribution < 1.29 is 23.7 Å². The number of pyridine rings is 1. The summed E-state index contributed by atoms with van der Waals surface area (Å²) in [7, 11) is 3.30. The second-order valence-electron chi connectivity index (χ2n) is 7.49. The van der Waals surface area contributed by atoms with E-state index in [9.17, 15) is 4.79 Å². The van der Waals surface area contributed by atoms with Crippen LogP contribution in [0.1, 0.15) is 36.2 Å². The molecule has 0 fully saturated rings. The van der Waals surface area contributed by atoms with Gasteiger partial charge in [0.05, 0.1) is 25.9 Å². The molecule has 2 heterocycles. The normalized spacial score (nSPS) is 15.7. The Kier molecular flexibility index (Phi) is 6.79. The third-order valence-corrected chi connectivity index (χ3v) is 5.57. The summed E-state index contributed by atoms with van der Waals surface area (Å²) in [6, 6.07) is 9.10. The molecule has 4 rings (SSSR count). The molecule has 0 N–H and O–H groups in total. The van der Waals surface area contributed by atoms with Gasteiger partial charge in [0.25, 0.3) is 5.91 Å². The summed E-state index contributed by atoms with van der Waals surface area (Å²) in [5, 5.41) is 0.878. The highest BCUT2D eigenvalue weighted by Gasteiger charge is 2.24. The highest BCUT2D eigenvalue weighted by Crippen LogP contribution is 2.34. The van der Waals surface area contributed by atoms with Crippen molar-refractivity contribution >= 4 is 22.5 Å². The van der Waals surface area contributed by atoms with Gasteiger partial charge in [0.15, 0.2) is 0 Å². The van der Waals surface area contributed by atoms with E-state index in [4.69, 9.17) is 18.9 Å². The van der Waals surface area contributed by atoms with Gasteiger partial charge in [0.2, 0.25) is 0 Å². The van der Waals surface area contributed by atoms with Crippen molar-refractivity contribution in [2.24, 2.45) is 0 Å². The van der Waals surface area contributed by atoms with E-state index in [2.05, 4.69) is 11.1 Å². The smallest absolute Gasteiger partial charge is 0.267 e. The molecule has 1 atom stereocenters. The van der Waals surface area contributed by atoms with Crippen LogP contribution in [0.2, 0.25) is 0 Å². The summed E-state index contributed by atoms with van der Waals surface area (Å²) in [5.41, 5.74) is 2.89. The van der Waals surface area contributed by atoms with Gasteiger partial charge in [-0.15, -0.1) is 0 Å². The van der Waals surface area contributed by atoms with Crippen molar-refractivity contribution in [2.75, 3.05) is 27.4 Å². The fourth-order valence-corrected chi connectivity index (χ4v) is 4.03.